The third-order valence-electron chi connectivity index (χ3n) is 2.23. The van der Waals surface area contributed by atoms with Gasteiger partial charge in [-0.1, -0.05) is 0 Å². The lowest BCUT2D eigenvalue weighted by Crippen LogP contribution is -1.95. The molecule has 1 aliphatic rings. The molecule has 0 atom stereocenters. The van der Waals surface area contributed by atoms with Crippen molar-refractivity contribution in [3.8, 4) is 10.8 Å². The van der Waals surface area contributed by atoms with Gasteiger partial charge in [-0.25, -0.2) is 4.98 Å². The Labute approximate surface area is 84.6 Å². The summed E-state index contributed by atoms with van der Waals surface area (Å²) < 4.78 is 2.08. The molecule has 1 aliphatic carbocycles. The Morgan fingerprint density at radius 2 is 2.36 bits per heavy atom. The molecule has 0 aromatic carbocycles. The van der Waals surface area contributed by atoms with Gasteiger partial charge in [0, 0.05) is 11.4 Å². The summed E-state index contributed by atoms with van der Waals surface area (Å²) in [5.74, 6) is 1.39. The molecular weight excluding hydrogens is 198 g/mol. The third kappa shape index (κ3) is 1.19. The Morgan fingerprint density at radius 1 is 1.50 bits per heavy atom. The first kappa shape index (κ1) is 7.93. The number of thiazole rings is 1. The molecule has 2 heterocycles. The van der Waals surface area contributed by atoms with Crippen LogP contribution in [0.4, 0.5) is 5.82 Å². The lowest BCUT2D eigenvalue weighted by molar-refractivity contribution is 0.745. The normalized spacial score (nSPS) is 16.0. The molecule has 5 nitrogen and oxygen atoms in total. The fourth-order valence-corrected chi connectivity index (χ4v) is 2.10. The van der Waals surface area contributed by atoms with Crippen LogP contribution in [0.15, 0.2) is 11.7 Å². The van der Waals surface area contributed by atoms with E-state index in [1.165, 1.54) is 24.2 Å². The first-order chi connectivity index (χ1) is 6.84. The zero-order valence-corrected chi connectivity index (χ0v) is 8.24. The van der Waals surface area contributed by atoms with E-state index < -0.39 is 0 Å². The van der Waals surface area contributed by atoms with Gasteiger partial charge in [0.1, 0.15) is 12.1 Å². The predicted molar refractivity (Wildman–Crippen MR) is 53.8 cm³/mol. The minimum Gasteiger partial charge on any atom is -0.383 e. The molecule has 0 bridgehead atoms. The van der Waals surface area contributed by atoms with Crippen LogP contribution in [-0.4, -0.2) is 19.7 Å². The summed E-state index contributed by atoms with van der Waals surface area (Å²) in [4.78, 5) is 4.20. The van der Waals surface area contributed by atoms with Crippen LogP contribution in [0.3, 0.4) is 0 Å². The molecule has 6 heteroatoms. The number of nitrogen functional groups attached to an aromatic ring is 1. The van der Waals surface area contributed by atoms with E-state index in [0.29, 0.717) is 11.9 Å². The lowest BCUT2D eigenvalue weighted by Gasteiger charge is -1.99. The summed E-state index contributed by atoms with van der Waals surface area (Å²) in [6, 6.07) is 0.574. The number of hydrogen-bond donors (Lipinski definition) is 1. The maximum Gasteiger partial charge on any atom is 0.193 e. The van der Waals surface area contributed by atoms with E-state index in [1.807, 2.05) is 5.38 Å². The summed E-state index contributed by atoms with van der Waals surface area (Å²) >= 11 is 1.51. The standard InChI is InChI=1S/C8H9N5S/c9-6-3-14-8(11-6)7-12-10-4-13(7)5-1-2-5/h3-5H,1-2,9H2. The van der Waals surface area contributed by atoms with Crippen molar-refractivity contribution in [3.63, 3.8) is 0 Å². The maximum atomic E-state index is 5.57. The zero-order valence-electron chi connectivity index (χ0n) is 7.42. The maximum absolute atomic E-state index is 5.57. The minimum atomic E-state index is 0.551. The molecule has 72 valence electrons. The van der Waals surface area contributed by atoms with Gasteiger partial charge in [-0.15, -0.1) is 21.5 Å². The van der Waals surface area contributed by atoms with E-state index in [1.54, 1.807) is 6.33 Å². The molecule has 2 N–H and O–H groups in total. The average molecular weight is 207 g/mol. The molecule has 1 fully saturated rings. The summed E-state index contributed by atoms with van der Waals surface area (Å²) in [7, 11) is 0. The predicted octanol–water partition coefficient (Wildman–Crippen LogP) is 1.32. The number of anilines is 1. The molecule has 0 unspecified atom stereocenters. The molecule has 1 saturated carbocycles. The monoisotopic (exact) mass is 207 g/mol. The Bertz CT molecular complexity index is 456. The van der Waals surface area contributed by atoms with Gasteiger partial charge < -0.3 is 10.3 Å². The van der Waals surface area contributed by atoms with E-state index in [0.717, 1.165) is 10.8 Å². The van der Waals surface area contributed by atoms with Crippen LogP contribution in [0.25, 0.3) is 10.8 Å². The van der Waals surface area contributed by atoms with Crippen LogP contribution in [0.2, 0.25) is 0 Å². The number of nitrogens with two attached hydrogens (primary N) is 1. The van der Waals surface area contributed by atoms with Crippen LogP contribution in [-0.2, 0) is 0 Å². The zero-order chi connectivity index (χ0) is 9.54. The smallest absolute Gasteiger partial charge is 0.193 e. The van der Waals surface area contributed by atoms with Crippen LogP contribution >= 0.6 is 11.3 Å². The Hall–Kier alpha value is -1.43. The fraction of sp³-hybridized carbons (Fsp3) is 0.375. The molecule has 3 rings (SSSR count). The molecule has 0 aliphatic heterocycles. The van der Waals surface area contributed by atoms with Gasteiger partial charge in [-0.2, -0.15) is 0 Å². The van der Waals surface area contributed by atoms with E-state index >= 15 is 0 Å². The minimum absolute atomic E-state index is 0.551. The molecule has 2 aromatic heterocycles. The molecule has 0 spiro atoms. The summed E-state index contributed by atoms with van der Waals surface area (Å²) in [5.41, 5.74) is 5.57. The summed E-state index contributed by atoms with van der Waals surface area (Å²) in [6.45, 7) is 0. The highest BCUT2D eigenvalue weighted by atomic mass is 32.1. The number of hydrogen-bond acceptors (Lipinski definition) is 5. The summed E-state index contributed by atoms with van der Waals surface area (Å²) in [5, 5.41) is 10.6. The highest BCUT2D eigenvalue weighted by Gasteiger charge is 2.27. The molecule has 0 saturated heterocycles. The van der Waals surface area contributed by atoms with E-state index in [2.05, 4.69) is 19.7 Å². The highest BCUT2D eigenvalue weighted by Crippen LogP contribution is 2.37. The second-order valence-corrected chi connectivity index (χ2v) is 4.23. The van der Waals surface area contributed by atoms with Gasteiger partial charge in [0.15, 0.2) is 10.8 Å². The lowest BCUT2D eigenvalue weighted by atomic mass is 10.5. The van der Waals surface area contributed by atoms with Gasteiger partial charge in [0.25, 0.3) is 0 Å². The Kier molecular flexibility index (Phi) is 1.57. The Balaban J connectivity index is 2.06. The number of aromatic nitrogens is 4. The van der Waals surface area contributed by atoms with Crippen molar-refractivity contribution in [2.75, 3.05) is 5.73 Å². The topological polar surface area (TPSA) is 69.6 Å². The van der Waals surface area contributed by atoms with Gasteiger partial charge in [0.2, 0.25) is 0 Å². The van der Waals surface area contributed by atoms with Gasteiger partial charge in [-0.3, -0.25) is 0 Å². The first-order valence-corrected chi connectivity index (χ1v) is 5.33. The van der Waals surface area contributed by atoms with E-state index in [4.69, 9.17) is 5.73 Å². The largest absolute Gasteiger partial charge is 0.383 e. The second-order valence-electron chi connectivity index (χ2n) is 3.37. The molecule has 2 aromatic rings. The van der Waals surface area contributed by atoms with Crippen molar-refractivity contribution < 1.29 is 0 Å². The summed E-state index contributed by atoms with van der Waals surface area (Å²) in [6.07, 6.45) is 4.20. The van der Waals surface area contributed by atoms with Crippen molar-refractivity contribution in [1.82, 2.24) is 19.7 Å². The first-order valence-electron chi connectivity index (χ1n) is 4.45. The average Bonchev–Trinajstić information content (AvgIpc) is 2.75. The van der Waals surface area contributed by atoms with E-state index in [-0.39, 0.29) is 0 Å². The quantitative estimate of drug-likeness (QED) is 0.806. The SMILES string of the molecule is Nc1csc(-c2nncn2C2CC2)n1. The molecular formula is C8H9N5S. The van der Waals surface area contributed by atoms with Crippen LogP contribution in [0.1, 0.15) is 18.9 Å². The fourth-order valence-electron chi connectivity index (χ4n) is 1.40. The molecule has 14 heavy (non-hydrogen) atoms. The van der Waals surface area contributed by atoms with Gasteiger partial charge >= 0.3 is 0 Å². The van der Waals surface area contributed by atoms with Gasteiger partial charge in [0.05, 0.1) is 0 Å². The number of rotatable bonds is 2. The van der Waals surface area contributed by atoms with Crippen molar-refractivity contribution in [1.29, 1.82) is 0 Å². The van der Waals surface area contributed by atoms with Crippen molar-refractivity contribution >= 4 is 17.2 Å². The second kappa shape index (κ2) is 2.78. The third-order valence-corrected chi connectivity index (χ3v) is 3.08. The molecule has 0 radical (unpaired) electrons. The van der Waals surface area contributed by atoms with Crippen molar-refractivity contribution in [2.45, 2.75) is 18.9 Å². The van der Waals surface area contributed by atoms with E-state index in [9.17, 15) is 0 Å². The van der Waals surface area contributed by atoms with Crippen molar-refractivity contribution in [2.24, 2.45) is 0 Å². The van der Waals surface area contributed by atoms with Crippen LogP contribution < -0.4 is 5.73 Å². The van der Waals surface area contributed by atoms with Crippen molar-refractivity contribution in [3.05, 3.63) is 11.7 Å². The van der Waals surface area contributed by atoms with Crippen LogP contribution in [0, 0.1) is 0 Å². The Morgan fingerprint density at radius 3 is 3.00 bits per heavy atom. The molecule has 0 amide bonds. The van der Waals surface area contributed by atoms with Crippen LogP contribution in [0.5, 0.6) is 0 Å². The highest BCUT2D eigenvalue weighted by molar-refractivity contribution is 7.13. The van der Waals surface area contributed by atoms with Gasteiger partial charge in [-0.05, 0) is 12.8 Å². The number of nitrogens with zero attached hydrogens (tertiary/aromatic N) is 4.